The van der Waals surface area contributed by atoms with Gasteiger partial charge in [-0.1, -0.05) is 26.0 Å². The van der Waals surface area contributed by atoms with Crippen molar-refractivity contribution in [1.29, 1.82) is 0 Å². The lowest BCUT2D eigenvalue weighted by molar-refractivity contribution is -0.140. The minimum absolute atomic E-state index is 0.151. The maximum atomic E-state index is 12.2. The van der Waals surface area contributed by atoms with Crippen molar-refractivity contribution < 1.29 is 19.1 Å². The average molecular weight is 334 g/mol. The van der Waals surface area contributed by atoms with E-state index in [1.807, 2.05) is 38.1 Å². The highest BCUT2D eigenvalue weighted by Crippen LogP contribution is 2.23. The highest BCUT2D eigenvalue weighted by molar-refractivity contribution is 6.35. The van der Waals surface area contributed by atoms with Gasteiger partial charge in [0, 0.05) is 19.1 Å². The van der Waals surface area contributed by atoms with Gasteiger partial charge in [0.1, 0.15) is 5.75 Å². The topological polar surface area (TPSA) is 76.7 Å². The van der Waals surface area contributed by atoms with Crippen LogP contribution in [-0.4, -0.2) is 38.7 Å². The molecule has 132 valence electrons. The van der Waals surface area contributed by atoms with Gasteiger partial charge in [-0.3, -0.25) is 9.59 Å². The van der Waals surface area contributed by atoms with Crippen molar-refractivity contribution in [2.24, 2.45) is 11.8 Å². The van der Waals surface area contributed by atoms with Crippen LogP contribution in [0.15, 0.2) is 24.3 Å². The first-order valence-corrected chi connectivity index (χ1v) is 8.31. The quantitative estimate of drug-likeness (QED) is 0.776. The highest BCUT2D eigenvalue weighted by atomic mass is 16.5. The van der Waals surface area contributed by atoms with Crippen molar-refractivity contribution in [3.63, 3.8) is 0 Å². The molecule has 0 aliphatic carbocycles. The first-order valence-electron chi connectivity index (χ1n) is 8.31. The van der Waals surface area contributed by atoms with Crippen LogP contribution in [0.1, 0.15) is 31.9 Å². The van der Waals surface area contributed by atoms with Crippen LogP contribution in [0.4, 0.5) is 0 Å². The normalized spacial score (nSPS) is 18.2. The summed E-state index contributed by atoms with van der Waals surface area (Å²) in [5.41, 5.74) is 0.941. The molecule has 1 saturated heterocycles. The molecule has 0 unspecified atom stereocenters. The molecule has 2 amide bonds. The van der Waals surface area contributed by atoms with Crippen LogP contribution in [0.25, 0.3) is 0 Å². The zero-order valence-corrected chi connectivity index (χ0v) is 14.5. The molecule has 0 aromatic heterocycles. The summed E-state index contributed by atoms with van der Waals surface area (Å²) in [5.74, 6) is -0.00351. The first kappa shape index (κ1) is 18.3. The zero-order chi connectivity index (χ0) is 17.5. The summed E-state index contributed by atoms with van der Waals surface area (Å²) >= 11 is 0. The monoisotopic (exact) mass is 334 g/mol. The second-order valence-corrected chi connectivity index (χ2v) is 6.41. The lowest BCUT2D eigenvalue weighted by Gasteiger charge is -2.23. The number of carbonyl (C=O) groups is 2. The van der Waals surface area contributed by atoms with E-state index in [-0.39, 0.29) is 12.0 Å². The van der Waals surface area contributed by atoms with E-state index in [9.17, 15) is 9.59 Å². The Hall–Kier alpha value is -2.08. The number of rotatable bonds is 6. The van der Waals surface area contributed by atoms with Crippen LogP contribution in [-0.2, 0) is 14.3 Å². The van der Waals surface area contributed by atoms with E-state index < -0.39 is 11.8 Å². The fourth-order valence-corrected chi connectivity index (χ4v) is 2.71. The van der Waals surface area contributed by atoms with Crippen LogP contribution >= 0.6 is 0 Å². The smallest absolute Gasteiger partial charge is 0.309 e. The van der Waals surface area contributed by atoms with Gasteiger partial charge in [-0.2, -0.15) is 0 Å². The predicted molar refractivity (Wildman–Crippen MR) is 90.7 cm³/mol. The van der Waals surface area contributed by atoms with Crippen LogP contribution in [0.5, 0.6) is 5.75 Å². The Morgan fingerprint density at radius 1 is 1.25 bits per heavy atom. The number of hydrogen-bond donors (Lipinski definition) is 2. The standard InChI is InChI=1S/C18H26N2O4/c1-12(2)16(14-4-6-15(23-3)7-5-14)20-18(22)17(21)19-10-13-8-9-24-11-13/h4-7,12-13,16H,8-11H2,1-3H3,(H,19,21)(H,20,22)/t13-,16-/m1/s1. The molecule has 2 rings (SSSR count). The summed E-state index contributed by atoms with van der Waals surface area (Å²) in [6.45, 7) is 5.84. The van der Waals surface area contributed by atoms with E-state index >= 15 is 0 Å². The Kier molecular flexibility index (Phi) is 6.61. The first-order chi connectivity index (χ1) is 11.5. The van der Waals surface area contributed by atoms with Gasteiger partial charge in [-0.15, -0.1) is 0 Å². The highest BCUT2D eigenvalue weighted by Gasteiger charge is 2.24. The van der Waals surface area contributed by atoms with Crippen molar-refractivity contribution in [1.82, 2.24) is 10.6 Å². The number of amides is 2. The van der Waals surface area contributed by atoms with Gasteiger partial charge >= 0.3 is 11.8 Å². The van der Waals surface area contributed by atoms with Gasteiger partial charge in [0.15, 0.2) is 0 Å². The van der Waals surface area contributed by atoms with Gasteiger partial charge in [-0.05, 0) is 30.0 Å². The molecule has 0 spiro atoms. The second-order valence-electron chi connectivity index (χ2n) is 6.41. The SMILES string of the molecule is COc1ccc([C@H](NC(=O)C(=O)NC[C@H]2CCOC2)C(C)C)cc1. The maximum Gasteiger partial charge on any atom is 0.309 e. The average Bonchev–Trinajstić information content (AvgIpc) is 3.10. The van der Waals surface area contributed by atoms with Crippen LogP contribution in [0, 0.1) is 11.8 Å². The third kappa shape index (κ3) is 4.96. The van der Waals surface area contributed by atoms with E-state index in [0.29, 0.717) is 19.1 Å². The van der Waals surface area contributed by atoms with E-state index in [1.54, 1.807) is 7.11 Å². The molecule has 2 atom stereocenters. The number of carbonyl (C=O) groups excluding carboxylic acids is 2. The molecule has 1 aromatic carbocycles. The number of hydrogen-bond acceptors (Lipinski definition) is 4. The fourth-order valence-electron chi connectivity index (χ4n) is 2.71. The summed E-state index contributed by atoms with van der Waals surface area (Å²) in [6, 6.07) is 7.26. The molecule has 1 fully saturated rings. The van der Waals surface area contributed by atoms with Gasteiger partial charge < -0.3 is 20.1 Å². The molecule has 6 nitrogen and oxygen atoms in total. The minimum atomic E-state index is -0.608. The molecule has 6 heteroatoms. The second kappa shape index (κ2) is 8.68. The Bertz CT molecular complexity index is 551. The predicted octanol–water partition coefficient (Wildman–Crippen LogP) is 1.66. The Labute approximate surface area is 142 Å². The van der Waals surface area contributed by atoms with Crippen molar-refractivity contribution in [3.8, 4) is 5.75 Å². The van der Waals surface area contributed by atoms with Gasteiger partial charge in [0.2, 0.25) is 0 Å². The summed E-state index contributed by atoms with van der Waals surface area (Å²) in [6.07, 6.45) is 0.919. The summed E-state index contributed by atoms with van der Waals surface area (Å²) < 4.78 is 10.4. The molecule has 1 heterocycles. The maximum absolute atomic E-state index is 12.2. The molecule has 24 heavy (non-hydrogen) atoms. The van der Waals surface area contributed by atoms with Gasteiger partial charge in [0.05, 0.1) is 19.8 Å². The van der Waals surface area contributed by atoms with Gasteiger partial charge in [-0.25, -0.2) is 0 Å². The molecular formula is C18H26N2O4. The molecular weight excluding hydrogens is 308 g/mol. The van der Waals surface area contributed by atoms with E-state index in [0.717, 1.165) is 24.3 Å². The minimum Gasteiger partial charge on any atom is -0.497 e. The lowest BCUT2D eigenvalue weighted by atomic mass is 9.96. The van der Waals surface area contributed by atoms with E-state index in [1.165, 1.54) is 0 Å². The molecule has 1 aliphatic rings. The van der Waals surface area contributed by atoms with Crippen LogP contribution in [0.2, 0.25) is 0 Å². The number of benzene rings is 1. The van der Waals surface area contributed by atoms with Crippen molar-refractivity contribution in [2.75, 3.05) is 26.9 Å². The molecule has 1 aliphatic heterocycles. The van der Waals surface area contributed by atoms with Crippen LogP contribution < -0.4 is 15.4 Å². The zero-order valence-electron chi connectivity index (χ0n) is 14.5. The lowest BCUT2D eigenvalue weighted by Crippen LogP contribution is -2.44. The Morgan fingerprint density at radius 3 is 2.50 bits per heavy atom. The summed E-state index contributed by atoms with van der Waals surface area (Å²) in [5, 5.41) is 5.51. The molecule has 1 aromatic rings. The number of nitrogens with one attached hydrogen (secondary N) is 2. The summed E-state index contributed by atoms with van der Waals surface area (Å²) in [4.78, 5) is 24.2. The van der Waals surface area contributed by atoms with Gasteiger partial charge in [0.25, 0.3) is 0 Å². The largest absolute Gasteiger partial charge is 0.497 e. The molecule has 2 N–H and O–H groups in total. The summed E-state index contributed by atoms with van der Waals surface area (Å²) in [7, 11) is 1.61. The Morgan fingerprint density at radius 2 is 1.96 bits per heavy atom. The van der Waals surface area contributed by atoms with Crippen LogP contribution in [0.3, 0.4) is 0 Å². The number of methoxy groups -OCH3 is 1. The van der Waals surface area contributed by atoms with E-state index in [2.05, 4.69) is 10.6 Å². The molecule has 0 bridgehead atoms. The Balaban J connectivity index is 1.92. The molecule has 0 saturated carbocycles. The molecule has 0 radical (unpaired) electrons. The fraction of sp³-hybridized carbons (Fsp3) is 0.556. The third-order valence-corrected chi connectivity index (χ3v) is 4.21. The van der Waals surface area contributed by atoms with Crippen molar-refractivity contribution in [3.05, 3.63) is 29.8 Å². The third-order valence-electron chi connectivity index (χ3n) is 4.21. The number of ether oxygens (including phenoxy) is 2. The van der Waals surface area contributed by atoms with Crippen molar-refractivity contribution >= 4 is 11.8 Å². The van der Waals surface area contributed by atoms with E-state index in [4.69, 9.17) is 9.47 Å². The van der Waals surface area contributed by atoms with Crippen molar-refractivity contribution in [2.45, 2.75) is 26.3 Å².